The predicted molar refractivity (Wildman–Crippen MR) is 110 cm³/mol. The van der Waals surface area contributed by atoms with Gasteiger partial charge in [-0.15, -0.1) is 0 Å². The zero-order chi connectivity index (χ0) is 19.2. The van der Waals surface area contributed by atoms with Gasteiger partial charge >= 0.3 is 0 Å². The van der Waals surface area contributed by atoms with Crippen LogP contribution < -0.4 is 10.9 Å². The highest BCUT2D eigenvalue weighted by atomic mass is 32.2. The van der Waals surface area contributed by atoms with Crippen LogP contribution in [-0.4, -0.2) is 27.8 Å². The van der Waals surface area contributed by atoms with E-state index in [2.05, 4.69) is 29.4 Å². The summed E-state index contributed by atoms with van der Waals surface area (Å²) in [5.41, 5.74) is 3.06. The van der Waals surface area contributed by atoms with Gasteiger partial charge in [0.1, 0.15) is 0 Å². The van der Waals surface area contributed by atoms with Crippen molar-refractivity contribution in [3.05, 3.63) is 70.0 Å². The van der Waals surface area contributed by atoms with Crippen molar-refractivity contribution >= 4 is 28.6 Å². The molecule has 5 nitrogen and oxygen atoms in total. The Morgan fingerprint density at radius 2 is 1.89 bits per heavy atom. The van der Waals surface area contributed by atoms with E-state index in [4.69, 9.17) is 0 Å². The van der Waals surface area contributed by atoms with Gasteiger partial charge in [-0.05, 0) is 43.5 Å². The molecule has 0 unspecified atom stereocenters. The molecule has 0 fully saturated rings. The van der Waals surface area contributed by atoms with E-state index in [1.165, 1.54) is 22.9 Å². The minimum atomic E-state index is -0.0643. The molecule has 1 amide bonds. The van der Waals surface area contributed by atoms with E-state index in [-0.39, 0.29) is 17.2 Å². The van der Waals surface area contributed by atoms with Crippen molar-refractivity contribution in [2.24, 2.45) is 0 Å². The maximum absolute atomic E-state index is 12.6. The molecule has 0 aliphatic carbocycles. The van der Waals surface area contributed by atoms with E-state index in [0.717, 1.165) is 6.42 Å². The number of aryl methyl sites for hydroxylation is 1. The molecule has 140 valence electrons. The molecule has 27 heavy (non-hydrogen) atoms. The van der Waals surface area contributed by atoms with Crippen LogP contribution in [0, 0.1) is 6.92 Å². The Morgan fingerprint density at radius 3 is 2.67 bits per heavy atom. The molecule has 0 bridgehead atoms. The van der Waals surface area contributed by atoms with Crippen LogP contribution in [0.15, 0.2) is 58.5 Å². The lowest BCUT2D eigenvalue weighted by Crippen LogP contribution is -2.28. The van der Waals surface area contributed by atoms with Crippen molar-refractivity contribution in [2.45, 2.75) is 32.0 Å². The monoisotopic (exact) mass is 381 g/mol. The van der Waals surface area contributed by atoms with Crippen LogP contribution in [0.2, 0.25) is 0 Å². The lowest BCUT2D eigenvalue weighted by Gasteiger charge is -2.11. The molecular weight excluding hydrogens is 358 g/mol. The van der Waals surface area contributed by atoms with Gasteiger partial charge in [0, 0.05) is 13.1 Å². The molecule has 3 rings (SSSR count). The number of nitrogens with one attached hydrogen (secondary N) is 1. The number of para-hydroxylation sites is 1. The first-order valence-corrected chi connectivity index (χ1v) is 10.0. The Labute approximate surface area is 162 Å². The van der Waals surface area contributed by atoms with E-state index in [0.29, 0.717) is 29.1 Å². The maximum Gasteiger partial charge on any atom is 0.262 e. The van der Waals surface area contributed by atoms with E-state index >= 15 is 0 Å². The number of fused-ring (bicyclic) bond motifs is 1. The fraction of sp³-hybridized carbons (Fsp3) is 0.286. The second kappa shape index (κ2) is 8.86. The van der Waals surface area contributed by atoms with Gasteiger partial charge in [0.2, 0.25) is 5.91 Å². The maximum atomic E-state index is 12.6. The molecular formula is C21H23N3O2S. The van der Waals surface area contributed by atoms with Gasteiger partial charge in [-0.1, -0.05) is 48.2 Å². The van der Waals surface area contributed by atoms with Crippen LogP contribution in [0.5, 0.6) is 0 Å². The smallest absolute Gasteiger partial charge is 0.262 e. The molecule has 0 aliphatic rings. The number of thioether (sulfide) groups is 1. The van der Waals surface area contributed by atoms with Crippen molar-refractivity contribution in [1.29, 1.82) is 0 Å². The second-order valence-electron chi connectivity index (χ2n) is 6.28. The Hall–Kier alpha value is -2.60. The minimum Gasteiger partial charge on any atom is -0.355 e. The van der Waals surface area contributed by atoms with Crippen LogP contribution >= 0.6 is 11.8 Å². The third-order valence-electron chi connectivity index (χ3n) is 4.45. The van der Waals surface area contributed by atoms with Crippen molar-refractivity contribution < 1.29 is 4.79 Å². The van der Waals surface area contributed by atoms with Crippen molar-refractivity contribution in [3.8, 4) is 0 Å². The summed E-state index contributed by atoms with van der Waals surface area (Å²) in [7, 11) is 0. The molecule has 6 heteroatoms. The summed E-state index contributed by atoms with van der Waals surface area (Å²) in [5, 5.41) is 4.13. The summed E-state index contributed by atoms with van der Waals surface area (Å²) in [5.74, 6) is 0.178. The molecule has 0 aliphatic heterocycles. The van der Waals surface area contributed by atoms with Crippen LogP contribution in [0.1, 0.15) is 18.1 Å². The number of carbonyl (C=O) groups is 1. The fourth-order valence-corrected chi connectivity index (χ4v) is 3.84. The Balaban J connectivity index is 1.62. The standard InChI is InChI=1S/C21H23N3O2S/c1-3-24-20(26)17-10-6-7-11-18(17)23-21(24)27-14-19(25)22-13-12-16-9-5-4-8-15(16)2/h4-11H,3,12-14H2,1-2H3,(H,22,25). The van der Waals surface area contributed by atoms with Gasteiger partial charge in [-0.2, -0.15) is 0 Å². The van der Waals surface area contributed by atoms with Gasteiger partial charge in [0.15, 0.2) is 5.16 Å². The zero-order valence-corrected chi connectivity index (χ0v) is 16.4. The Morgan fingerprint density at radius 1 is 1.15 bits per heavy atom. The summed E-state index contributed by atoms with van der Waals surface area (Å²) in [6.07, 6.45) is 0.803. The number of amides is 1. The lowest BCUT2D eigenvalue weighted by atomic mass is 10.1. The molecule has 1 heterocycles. The zero-order valence-electron chi connectivity index (χ0n) is 15.6. The van der Waals surface area contributed by atoms with Crippen LogP contribution in [-0.2, 0) is 17.8 Å². The third kappa shape index (κ3) is 4.57. The number of aromatic nitrogens is 2. The first-order chi connectivity index (χ1) is 13.1. The molecule has 2 aromatic carbocycles. The highest BCUT2D eigenvalue weighted by Gasteiger charge is 2.12. The highest BCUT2D eigenvalue weighted by Crippen LogP contribution is 2.17. The summed E-state index contributed by atoms with van der Waals surface area (Å²) < 4.78 is 1.62. The minimum absolute atomic E-state index is 0.0568. The van der Waals surface area contributed by atoms with Crippen molar-refractivity contribution in [2.75, 3.05) is 12.3 Å². The molecule has 0 spiro atoms. The first-order valence-electron chi connectivity index (χ1n) is 9.03. The normalized spacial score (nSPS) is 10.9. The van der Waals surface area contributed by atoms with Crippen LogP contribution in [0.4, 0.5) is 0 Å². The van der Waals surface area contributed by atoms with Gasteiger partial charge < -0.3 is 5.32 Å². The van der Waals surface area contributed by atoms with Gasteiger partial charge in [0.25, 0.3) is 5.56 Å². The van der Waals surface area contributed by atoms with Gasteiger partial charge in [-0.3, -0.25) is 14.2 Å². The number of hydrogen-bond donors (Lipinski definition) is 1. The van der Waals surface area contributed by atoms with Gasteiger partial charge in [0.05, 0.1) is 16.7 Å². The van der Waals surface area contributed by atoms with Crippen LogP contribution in [0.3, 0.4) is 0 Å². The summed E-state index contributed by atoms with van der Waals surface area (Å²) in [4.78, 5) is 29.4. The number of benzene rings is 2. The van der Waals surface area contributed by atoms with E-state index in [9.17, 15) is 9.59 Å². The quantitative estimate of drug-likeness (QED) is 0.504. The van der Waals surface area contributed by atoms with E-state index in [1.807, 2.05) is 37.3 Å². The highest BCUT2D eigenvalue weighted by molar-refractivity contribution is 7.99. The molecule has 0 saturated heterocycles. The number of nitrogens with zero attached hydrogens (tertiary/aromatic N) is 2. The number of rotatable bonds is 7. The molecule has 0 atom stereocenters. The first kappa shape index (κ1) is 19.2. The third-order valence-corrected chi connectivity index (χ3v) is 5.43. The van der Waals surface area contributed by atoms with E-state index < -0.39 is 0 Å². The summed E-state index contributed by atoms with van der Waals surface area (Å²) in [6.45, 7) is 5.09. The molecule has 3 aromatic rings. The largest absolute Gasteiger partial charge is 0.355 e. The Kier molecular flexibility index (Phi) is 6.29. The average molecular weight is 382 g/mol. The van der Waals surface area contributed by atoms with E-state index in [1.54, 1.807) is 10.6 Å². The summed E-state index contributed by atoms with van der Waals surface area (Å²) in [6, 6.07) is 15.5. The lowest BCUT2D eigenvalue weighted by molar-refractivity contribution is -0.118. The van der Waals surface area contributed by atoms with Gasteiger partial charge in [-0.25, -0.2) is 4.98 Å². The molecule has 1 aromatic heterocycles. The fourth-order valence-electron chi connectivity index (χ4n) is 2.95. The van der Waals surface area contributed by atoms with Crippen molar-refractivity contribution in [1.82, 2.24) is 14.9 Å². The molecule has 0 saturated carbocycles. The SMILES string of the molecule is CCn1c(SCC(=O)NCCc2ccccc2C)nc2ccccc2c1=O. The molecule has 0 radical (unpaired) electrons. The number of carbonyl (C=O) groups excluding carboxylic acids is 1. The average Bonchev–Trinajstić information content (AvgIpc) is 2.68. The topological polar surface area (TPSA) is 64.0 Å². The summed E-state index contributed by atoms with van der Waals surface area (Å²) >= 11 is 1.30. The molecule has 1 N–H and O–H groups in total. The number of hydrogen-bond acceptors (Lipinski definition) is 4. The Bertz CT molecular complexity index is 1010. The van der Waals surface area contributed by atoms with Crippen molar-refractivity contribution in [3.63, 3.8) is 0 Å². The van der Waals surface area contributed by atoms with Crippen LogP contribution in [0.25, 0.3) is 10.9 Å². The predicted octanol–water partition coefficient (Wildman–Crippen LogP) is 3.18. The second-order valence-corrected chi connectivity index (χ2v) is 7.22.